The van der Waals surface area contributed by atoms with Gasteiger partial charge in [0, 0.05) is 24.8 Å². The Morgan fingerprint density at radius 1 is 1.13 bits per heavy atom. The van der Waals surface area contributed by atoms with Gasteiger partial charge in [0.25, 0.3) is 15.9 Å². The van der Waals surface area contributed by atoms with Crippen molar-refractivity contribution < 1.29 is 32.2 Å². The normalized spacial score (nSPS) is 18.4. The van der Waals surface area contributed by atoms with Crippen LogP contribution < -0.4 is 18.9 Å². The maximum atomic E-state index is 12.8. The van der Waals surface area contributed by atoms with Gasteiger partial charge in [-0.1, -0.05) is 0 Å². The van der Waals surface area contributed by atoms with Crippen LogP contribution in [0.2, 0.25) is 0 Å². The quantitative estimate of drug-likeness (QED) is 0.720. The number of fused-ring (bicyclic) bond motifs is 1. The molecule has 2 aromatic rings. The highest BCUT2D eigenvalue weighted by atomic mass is 32.2. The van der Waals surface area contributed by atoms with Crippen LogP contribution >= 0.6 is 0 Å². The molecule has 0 spiro atoms. The smallest absolute Gasteiger partial charge is 0.267 e. The first-order chi connectivity index (χ1) is 15.0. The second-order valence-electron chi connectivity index (χ2n) is 7.03. The third-order valence-electron chi connectivity index (χ3n) is 4.90. The van der Waals surface area contributed by atoms with Crippen LogP contribution in [0, 0.1) is 0 Å². The topological polar surface area (TPSA) is 103 Å². The minimum absolute atomic E-state index is 0.0129. The van der Waals surface area contributed by atoms with Crippen LogP contribution in [0.25, 0.3) is 0 Å². The minimum Gasteiger partial charge on any atom is -0.494 e. The molecule has 0 aliphatic carbocycles. The van der Waals surface area contributed by atoms with Gasteiger partial charge in [0.05, 0.1) is 24.7 Å². The van der Waals surface area contributed by atoms with Crippen LogP contribution in [0.15, 0.2) is 47.4 Å². The summed E-state index contributed by atoms with van der Waals surface area (Å²) in [4.78, 5) is 14.3. The van der Waals surface area contributed by atoms with Gasteiger partial charge in [0.1, 0.15) is 12.4 Å². The van der Waals surface area contributed by atoms with E-state index >= 15 is 0 Å². The predicted octanol–water partition coefficient (Wildman–Crippen LogP) is 1.88. The molecule has 9 nitrogen and oxygen atoms in total. The van der Waals surface area contributed by atoms with E-state index in [4.69, 9.17) is 18.9 Å². The fraction of sp³-hybridized carbons (Fsp3) is 0.381. The Morgan fingerprint density at radius 2 is 1.87 bits per heavy atom. The molecule has 166 valence electrons. The van der Waals surface area contributed by atoms with E-state index in [1.165, 1.54) is 18.2 Å². The fourth-order valence-electron chi connectivity index (χ4n) is 3.33. The van der Waals surface area contributed by atoms with Gasteiger partial charge >= 0.3 is 0 Å². The Morgan fingerprint density at radius 3 is 2.58 bits per heavy atom. The van der Waals surface area contributed by atoms with E-state index in [2.05, 4.69) is 4.72 Å². The molecule has 2 aliphatic heterocycles. The Bertz CT molecular complexity index is 1030. The number of anilines is 1. The number of nitrogens with one attached hydrogen (secondary N) is 1. The van der Waals surface area contributed by atoms with Crippen LogP contribution in [-0.4, -0.2) is 64.8 Å². The Hall–Kier alpha value is -2.98. The molecule has 1 N–H and O–H groups in total. The van der Waals surface area contributed by atoms with Crippen LogP contribution in [0.4, 0.5) is 5.69 Å². The van der Waals surface area contributed by atoms with Crippen LogP contribution in [0.3, 0.4) is 0 Å². The zero-order valence-corrected chi connectivity index (χ0v) is 17.9. The van der Waals surface area contributed by atoms with E-state index < -0.39 is 16.1 Å². The van der Waals surface area contributed by atoms with Gasteiger partial charge in [0.15, 0.2) is 11.5 Å². The van der Waals surface area contributed by atoms with Gasteiger partial charge in [-0.15, -0.1) is 0 Å². The number of morpholine rings is 1. The molecule has 1 fully saturated rings. The van der Waals surface area contributed by atoms with E-state index in [0.29, 0.717) is 50.1 Å². The fourth-order valence-corrected chi connectivity index (χ4v) is 4.40. The lowest BCUT2D eigenvalue weighted by atomic mass is 10.2. The largest absolute Gasteiger partial charge is 0.494 e. The summed E-state index contributed by atoms with van der Waals surface area (Å²) in [7, 11) is -3.83. The van der Waals surface area contributed by atoms with Gasteiger partial charge < -0.3 is 23.8 Å². The average molecular weight is 448 g/mol. The molecule has 31 heavy (non-hydrogen) atoms. The molecule has 0 saturated carbocycles. The SMILES string of the molecule is CCOc1ccc(NS(=O)(=O)c2ccc3c(c2)OC[C@H](C(=O)N2CCOCC2)O3)cc1. The van der Waals surface area contributed by atoms with Crippen LogP contribution in [0.5, 0.6) is 17.2 Å². The Balaban J connectivity index is 1.45. The molecule has 4 rings (SSSR count). The van der Waals surface area contributed by atoms with E-state index in [0.717, 1.165) is 0 Å². The highest BCUT2D eigenvalue weighted by Gasteiger charge is 2.32. The molecule has 10 heteroatoms. The summed E-state index contributed by atoms with van der Waals surface area (Å²) in [5.41, 5.74) is 0.412. The second kappa shape index (κ2) is 9.03. The van der Waals surface area contributed by atoms with Crippen molar-refractivity contribution in [2.45, 2.75) is 17.9 Å². The van der Waals surface area contributed by atoms with Crippen molar-refractivity contribution in [2.75, 3.05) is 44.2 Å². The Labute approximate surface area is 180 Å². The number of amides is 1. The summed E-state index contributed by atoms with van der Waals surface area (Å²) in [5.74, 6) is 1.10. The maximum absolute atomic E-state index is 12.8. The molecule has 2 aromatic carbocycles. The lowest BCUT2D eigenvalue weighted by molar-refractivity contribution is -0.145. The van der Waals surface area contributed by atoms with Crippen LogP contribution in [0.1, 0.15) is 6.92 Å². The van der Waals surface area contributed by atoms with Crippen molar-refractivity contribution in [3.05, 3.63) is 42.5 Å². The van der Waals surface area contributed by atoms with E-state index in [1.54, 1.807) is 29.2 Å². The van der Waals surface area contributed by atoms with Crippen LogP contribution in [-0.2, 0) is 19.6 Å². The van der Waals surface area contributed by atoms with E-state index in [-0.39, 0.29) is 23.2 Å². The van der Waals surface area contributed by atoms with Crippen molar-refractivity contribution in [3.8, 4) is 17.2 Å². The number of carbonyl (C=O) groups is 1. The number of sulfonamides is 1. The van der Waals surface area contributed by atoms with Crippen molar-refractivity contribution >= 4 is 21.6 Å². The monoisotopic (exact) mass is 448 g/mol. The lowest BCUT2D eigenvalue weighted by Gasteiger charge is -2.32. The molecule has 2 aliphatic rings. The summed E-state index contributed by atoms with van der Waals surface area (Å²) < 4.78 is 50.1. The summed E-state index contributed by atoms with van der Waals surface area (Å²) in [6.45, 7) is 4.44. The second-order valence-corrected chi connectivity index (χ2v) is 8.71. The summed E-state index contributed by atoms with van der Waals surface area (Å²) in [5, 5.41) is 0. The molecule has 2 heterocycles. The molecule has 1 saturated heterocycles. The zero-order valence-electron chi connectivity index (χ0n) is 17.1. The molecule has 1 amide bonds. The summed E-state index contributed by atoms with van der Waals surface area (Å²) in [6, 6.07) is 10.9. The van der Waals surface area contributed by atoms with E-state index in [1.807, 2.05) is 6.92 Å². The predicted molar refractivity (Wildman–Crippen MR) is 112 cm³/mol. The molecule has 1 atom stereocenters. The van der Waals surface area contributed by atoms with Gasteiger partial charge in [-0.25, -0.2) is 8.42 Å². The minimum atomic E-state index is -3.83. The standard InChI is InChI=1S/C21H24N2O7S/c1-2-28-16-5-3-15(4-6-16)22-31(25,26)17-7-8-18-19(13-17)29-14-20(30-18)21(24)23-9-11-27-12-10-23/h3-8,13,20,22H,2,9-12,14H2,1H3/t20-/m1/s1. The van der Waals surface area contributed by atoms with E-state index in [9.17, 15) is 13.2 Å². The average Bonchev–Trinajstić information content (AvgIpc) is 2.80. The van der Waals surface area contributed by atoms with Crippen molar-refractivity contribution in [3.63, 3.8) is 0 Å². The zero-order chi connectivity index (χ0) is 21.8. The summed E-state index contributed by atoms with van der Waals surface area (Å²) >= 11 is 0. The molecule has 0 bridgehead atoms. The van der Waals surface area contributed by atoms with Gasteiger partial charge in [0.2, 0.25) is 6.10 Å². The third kappa shape index (κ3) is 4.86. The number of carbonyl (C=O) groups excluding carboxylic acids is 1. The number of ether oxygens (including phenoxy) is 4. The number of rotatable bonds is 6. The molecule has 0 aromatic heterocycles. The molecule has 0 unspecified atom stereocenters. The first-order valence-electron chi connectivity index (χ1n) is 10.0. The summed E-state index contributed by atoms with van der Waals surface area (Å²) in [6.07, 6.45) is -0.768. The highest BCUT2D eigenvalue weighted by Crippen LogP contribution is 2.34. The third-order valence-corrected chi connectivity index (χ3v) is 6.28. The molecular weight excluding hydrogens is 424 g/mol. The Kier molecular flexibility index (Phi) is 6.19. The van der Waals surface area contributed by atoms with Gasteiger partial charge in [-0.2, -0.15) is 0 Å². The van der Waals surface area contributed by atoms with Crippen molar-refractivity contribution in [2.24, 2.45) is 0 Å². The van der Waals surface area contributed by atoms with Crippen molar-refractivity contribution in [1.29, 1.82) is 0 Å². The van der Waals surface area contributed by atoms with Gasteiger partial charge in [-0.05, 0) is 43.3 Å². The first-order valence-corrected chi connectivity index (χ1v) is 11.5. The number of hydrogen-bond acceptors (Lipinski definition) is 7. The number of benzene rings is 2. The number of hydrogen-bond donors (Lipinski definition) is 1. The van der Waals surface area contributed by atoms with Crippen molar-refractivity contribution in [1.82, 2.24) is 4.90 Å². The maximum Gasteiger partial charge on any atom is 0.267 e. The molecule has 0 radical (unpaired) electrons. The highest BCUT2D eigenvalue weighted by molar-refractivity contribution is 7.92. The lowest BCUT2D eigenvalue weighted by Crippen LogP contribution is -2.50. The molecular formula is C21H24N2O7S. The first kappa shape index (κ1) is 21.3. The van der Waals surface area contributed by atoms with Gasteiger partial charge in [-0.3, -0.25) is 9.52 Å². The number of nitrogens with zero attached hydrogens (tertiary/aromatic N) is 1.